The van der Waals surface area contributed by atoms with Crippen molar-refractivity contribution in [2.45, 2.75) is 38.8 Å². The van der Waals surface area contributed by atoms with Crippen molar-refractivity contribution in [3.05, 3.63) is 88.4 Å². The first-order valence-corrected chi connectivity index (χ1v) is 14.4. The molecule has 0 aromatic heterocycles. The highest BCUT2D eigenvalue weighted by atomic mass is 35.5. The molecule has 0 unspecified atom stereocenters. The molecule has 1 atom stereocenters. The first-order chi connectivity index (χ1) is 20.8. The first-order valence-electron chi connectivity index (χ1n) is 13.6. The van der Waals surface area contributed by atoms with Crippen molar-refractivity contribution < 1.29 is 33.3 Å². The summed E-state index contributed by atoms with van der Waals surface area (Å²) in [6.07, 6.45) is 1.20. The van der Waals surface area contributed by atoms with Gasteiger partial charge in [-0.15, -0.1) is 6.58 Å². The number of benzene rings is 3. The molecule has 0 saturated carbocycles. The Morgan fingerprint density at radius 1 is 0.955 bits per heavy atom. The predicted octanol–water partition coefficient (Wildman–Crippen LogP) is 7.12. The third kappa shape index (κ3) is 8.45. The highest BCUT2D eigenvalue weighted by molar-refractivity contribution is 6.39. The summed E-state index contributed by atoms with van der Waals surface area (Å²) in [6.45, 7) is 9.34. The molecule has 0 aliphatic carbocycles. The lowest BCUT2D eigenvalue weighted by molar-refractivity contribution is -0.142. The summed E-state index contributed by atoms with van der Waals surface area (Å²) < 4.78 is 22.0. The van der Waals surface area contributed by atoms with Gasteiger partial charge in [0.25, 0.3) is 5.91 Å². The maximum Gasteiger partial charge on any atom is 0.415 e. The number of nitrogens with zero attached hydrogens (tertiary/aromatic N) is 1. The Labute approximate surface area is 267 Å². The lowest BCUT2D eigenvalue weighted by atomic mass is 9.98. The van der Waals surface area contributed by atoms with E-state index in [1.807, 2.05) is 24.3 Å². The van der Waals surface area contributed by atoms with Gasteiger partial charge in [-0.2, -0.15) is 0 Å². The van der Waals surface area contributed by atoms with Crippen molar-refractivity contribution in [1.82, 2.24) is 5.32 Å². The summed E-state index contributed by atoms with van der Waals surface area (Å²) in [5, 5.41) is 3.00. The quantitative estimate of drug-likeness (QED) is 0.175. The summed E-state index contributed by atoms with van der Waals surface area (Å²) >= 11 is 12.4. The zero-order valence-corrected chi connectivity index (χ0v) is 27.0. The lowest BCUT2D eigenvalue weighted by Crippen LogP contribution is -2.43. The number of hydrogen-bond acceptors (Lipinski definition) is 7. The minimum absolute atomic E-state index is 0.0704. The number of esters is 1. The molecular formula is C33H36Cl2N2O7. The Bertz CT molecular complexity index is 1470. The van der Waals surface area contributed by atoms with E-state index in [-0.39, 0.29) is 28.6 Å². The van der Waals surface area contributed by atoms with Crippen molar-refractivity contribution in [1.29, 1.82) is 0 Å². The second-order valence-corrected chi connectivity index (χ2v) is 11.5. The Morgan fingerprint density at radius 2 is 1.52 bits per heavy atom. The smallest absolute Gasteiger partial charge is 0.415 e. The number of methoxy groups -OCH3 is 3. The number of rotatable bonds is 11. The Kier molecular flexibility index (Phi) is 11.7. The molecule has 0 fully saturated rings. The van der Waals surface area contributed by atoms with Crippen molar-refractivity contribution in [2.75, 3.05) is 32.8 Å². The number of nitrogens with one attached hydrogen (secondary N) is 1. The number of halogens is 2. The van der Waals surface area contributed by atoms with Crippen LogP contribution in [0.2, 0.25) is 10.0 Å². The third-order valence-electron chi connectivity index (χ3n) is 6.39. The molecule has 3 aromatic carbocycles. The molecular weight excluding hydrogens is 607 g/mol. The van der Waals surface area contributed by atoms with E-state index >= 15 is 0 Å². The standard InChI is InChI=1S/C33H36Cl2N2O7/c1-8-16-37(32(40)44-33(2,3)4)22-18-26(41-5)28(27(19-22)42-6)21-14-12-20(13-15-21)17-25(31(39)43-7)36-30(38)29-23(34)10-9-11-24(29)35/h8-15,18-19,25H,1,16-17H2,2-7H3,(H,36,38)/t25-/m0/s1. The molecule has 1 N–H and O–H groups in total. The van der Waals surface area contributed by atoms with Crippen LogP contribution in [0, 0.1) is 0 Å². The fourth-order valence-corrected chi connectivity index (χ4v) is 4.96. The van der Waals surface area contributed by atoms with Crippen LogP contribution in [0.1, 0.15) is 36.7 Å². The van der Waals surface area contributed by atoms with Crippen molar-refractivity contribution >= 4 is 46.9 Å². The van der Waals surface area contributed by atoms with Gasteiger partial charge >= 0.3 is 12.1 Å². The number of ether oxygens (including phenoxy) is 4. The Balaban J connectivity index is 1.92. The summed E-state index contributed by atoms with van der Waals surface area (Å²) in [4.78, 5) is 40.0. The van der Waals surface area contributed by atoms with Crippen LogP contribution < -0.4 is 19.7 Å². The number of hydrogen-bond donors (Lipinski definition) is 1. The molecule has 0 saturated heterocycles. The zero-order chi connectivity index (χ0) is 32.6. The SMILES string of the molecule is C=CCN(C(=O)OC(C)(C)C)c1cc(OC)c(-c2ccc(C[C@H](NC(=O)c3c(Cl)cccc3Cl)C(=O)OC)cc2)c(OC)c1. The number of anilines is 1. The van der Waals surface area contributed by atoms with Crippen LogP contribution in [0.5, 0.6) is 11.5 Å². The van der Waals surface area contributed by atoms with E-state index in [2.05, 4.69) is 11.9 Å². The van der Waals surface area contributed by atoms with Crippen LogP contribution >= 0.6 is 23.2 Å². The van der Waals surface area contributed by atoms with Gasteiger partial charge in [0.1, 0.15) is 23.1 Å². The Hall–Kier alpha value is -4.21. The van der Waals surface area contributed by atoms with Crippen LogP contribution in [0.4, 0.5) is 10.5 Å². The van der Waals surface area contributed by atoms with Gasteiger partial charge in [0.2, 0.25) is 0 Å². The summed E-state index contributed by atoms with van der Waals surface area (Å²) in [5.41, 5.74) is 2.03. The minimum Gasteiger partial charge on any atom is -0.496 e. The van der Waals surface area contributed by atoms with E-state index in [9.17, 15) is 14.4 Å². The fourth-order valence-electron chi connectivity index (χ4n) is 4.39. The van der Waals surface area contributed by atoms with Gasteiger partial charge in [-0.1, -0.05) is 59.6 Å². The van der Waals surface area contributed by atoms with Crippen molar-refractivity contribution in [2.24, 2.45) is 0 Å². The predicted molar refractivity (Wildman–Crippen MR) is 172 cm³/mol. The molecule has 0 aliphatic rings. The van der Waals surface area contributed by atoms with Crippen LogP contribution in [0.25, 0.3) is 11.1 Å². The van der Waals surface area contributed by atoms with Crippen LogP contribution in [-0.2, 0) is 20.7 Å². The third-order valence-corrected chi connectivity index (χ3v) is 7.02. The second-order valence-electron chi connectivity index (χ2n) is 10.7. The molecule has 0 heterocycles. The van der Waals surface area contributed by atoms with Crippen LogP contribution in [0.15, 0.2) is 67.3 Å². The molecule has 0 spiro atoms. The fraction of sp³-hybridized carbons (Fsp3) is 0.303. The summed E-state index contributed by atoms with van der Waals surface area (Å²) in [6, 6.07) is 14.5. The minimum atomic E-state index is -1.00. The highest BCUT2D eigenvalue weighted by Crippen LogP contribution is 2.42. The topological polar surface area (TPSA) is 103 Å². The maximum absolute atomic E-state index is 13.0. The molecule has 0 radical (unpaired) electrons. The van der Waals surface area contributed by atoms with Gasteiger partial charge in [0, 0.05) is 25.1 Å². The maximum atomic E-state index is 13.0. The van der Waals surface area contributed by atoms with E-state index in [4.69, 9.17) is 42.1 Å². The van der Waals surface area contributed by atoms with Gasteiger partial charge in [0.05, 0.1) is 48.2 Å². The average molecular weight is 644 g/mol. The van der Waals surface area contributed by atoms with Gasteiger partial charge < -0.3 is 24.3 Å². The van der Waals surface area contributed by atoms with Gasteiger partial charge in [0.15, 0.2) is 0 Å². The largest absolute Gasteiger partial charge is 0.496 e. The lowest BCUT2D eigenvalue weighted by Gasteiger charge is -2.27. The van der Waals surface area contributed by atoms with Gasteiger partial charge in [-0.05, 0) is 44.0 Å². The molecule has 0 bridgehead atoms. The average Bonchev–Trinajstić information content (AvgIpc) is 2.97. The second kappa shape index (κ2) is 15.0. The first kappa shape index (κ1) is 34.3. The molecule has 3 rings (SSSR count). The van der Waals surface area contributed by atoms with Gasteiger partial charge in [-0.25, -0.2) is 9.59 Å². The Morgan fingerprint density at radius 3 is 2.00 bits per heavy atom. The van der Waals surface area contributed by atoms with E-state index in [0.29, 0.717) is 22.7 Å². The van der Waals surface area contributed by atoms with E-state index < -0.39 is 29.6 Å². The molecule has 9 nitrogen and oxygen atoms in total. The highest BCUT2D eigenvalue weighted by Gasteiger charge is 2.27. The van der Waals surface area contributed by atoms with E-state index in [1.165, 1.54) is 38.4 Å². The molecule has 0 aliphatic heterocycles. The van der Waals surface area contributed by atoms with Crippen molar-refractivity contribution in [3.63, 3.8) is 0 Å². The summed E-state index contributed by atoms with van der Waals surface area (Å²) in [5.74, 6) is -0.306. The summed E-state index contributed by atoms with van der Waals surface area (Å²) in [7, 11) is 4.29. The molecule has 234 valence electrons. The number of carbonyl (C=O) groups is 3. The van der Waals surface area contributed by atoms with Gasteiger partial charge in [-0.3, -0.25) is 9.69 Å². The monoisotopic (exact) mass is 642 g/mol. The van der Waals surface area contributed by atoms with Crippen molar-refractivity contribution in [3.8, 4) is 22.6 Å². The number of carbonyl (C=O) groups excluding carboxylic acids is 3. The van der Waals surface area contributed by atoms with Crippen LogP contribution in [0.3, 0.4) is 0 Å². The zero-order valence-electron chi connectivity index (χ0n) is 25.5. The normalized spacial score (nSPS) is 11.6. The molecule has 11 heteroatoms. The van der Waals surface area contributed by atoms with E-state index in [1.54, 1.807) is 45.0 Å². The molecule has 3 aromatic rings. The molecule has 44 heavy (non-hydrogen) atoms. The molecule has 2 amide bonds. The van der Waals surface area contributed by atoms with E-state index in [0.717, 1.165) is 11.1 Å². The number of amides is 2. The van der Waals surface area contributed by atoms with Crippen LogP contribution in [-0.4, -0.2) is 57.5 Å².